The second kappa shape index (κ2) is 3.68. The Labute approximate surface area is 109 Å². The Morgan fingerprint density at radius 1 is 1.05 bits per heavy atom. The lowest BCUT2D eigenvalue weighted by Gasteiger charge is -2.02. The molecule has 0 spiro atoms. The molecule has 0 saturated heterocycles. The molecule has 0 aliphatic heterocycles. The molecule has 92 valence electrons. The van der Waals surface area contributed by atoms with Crippen LogP contribution in [0.4, 0.5) is 0 Å². The third-order valence-corrected chi connectivity index (χ3v) is 3.35. The first-order chi connectivity index (χ1) is 9.34. The van der Waals surface area contributed by atoms with E-state index in [4.69, 9.17) is 4.42 Å². The molecule has 19 heavy (non-hydrogen) atoms. The van der Waals surface area contributed by atoms with Crippen LogP contribution in [0.25, 0.3) is 33.5 Å². The van der Waals surface area contributed by atoms with Crippen LogP contribution in [0.5, 0.6) is 0 Å². The minimum absolute atomic E-state index is 0.766. The van der Waals surface area contributed by atoms with Gasteiger partial charge < -0.3 is 8.98 Å². The number of imidazole rings is 1. The Kier molecular flexibility index (Phi) is 2.00. The first kappa shape index (κ1) is 10.3. The van der Waals surface area contributed by atoms with E-state index >= 15 is 0 Å². The highest BCUT2D eigenvalue weighted by Crippen LogP contribution is 2.28. The summed E-state index contributed by atoms with van der Waals surface area (Å²) in [7, 11) is 2.00. The van der Waals surface area contributed by atoms with Crippen LogP contribution in [0, 0.1) is 0 Å². The van der Waals surface area contributed by atoms with E-state index in [0.29, 0.717) is 0 Å². The maximum Gasteiger partial charge on any atom is 0.177 e. The Hall–Kier alpha value is -2.62. The molecule has 0 N–H and O–H groups in total. The van der Waals surface area contributed by atoms with Crippen molar-refractivity contribution in [1.29, 1.82) is 0 Å². The van der Waals surface area contributed by atoms with E-state index in [1.54, 1.807) is 6.26 Å². The number of hydrogen-bond acceptors (Lipinski definition) is 3. The molecule has 0 aliphatic rings. The summed E-state index contributed by atoms with van der Waals surface area (Å²) in [5, 5.41) is 1.10. The third kappa shape index (κ3) is 1.40. The molecule has 0 amide bonds. The zero-order chi connectivity index (χ0) is 12.8. The van der Waals surface area contributed by atoms with Crippen LogP contribution in [-0.2, 0) is 7.05 Å². The lowest BCUT2D eigenvalue weighted by molar-refractivity contribution is 0.574. The molecule has 4 nitrogen and oxygen atoms in total. The fourth-order valence-corrected chi connectivity index (χ4v) is 2.47. The van der Waals surface area contributed by atoms with Gasteiger partial charge in [-0.15, -0.1) is 0 Å². The number of aryl methyl sites for hydroxylation is 1. The molecule has 0 radical (unpaired) electrons. The van der Waals surface area contributed by atoms with Crippen molar-refractivity contribution in [2.75, 3.05) is 0 Å². The molecule has 4 heteroatoms. The summed E-state index contributed by atoms with van der Waals surface area (Å²) >= 11 is 0. The van der Waals surface area contributed by atoms with E-state index in [9.17, 15) is 0 Å². The molecular weight excluding hydrogens is 238 g/mol. The predicted molar refractivity (Wildman–Crippen MR) is 73.7 cm³/mol. The number of para-hydroxylation sites is 1. The molecule has 0 saturated carbocycles. The highest BCUT2D eigenvalue weighted by Gasteiger charge is 2.14. The van der Waals surface area contributed by atoms with Crippen LogP contribution < -0.4 is 0 Å². The summed E-state index contributed by atoms with van der Waals surface area (Å²) in [5.41, 5.74) is 2.94. The monoisotopic (exact) mass is 249 g/mol. The zero-order valence-corrected chi connectivity index (χ0v) is 10.4. The topological polar surface area (TPSA) is 43.9 Å². The van der Waals surface area contributed by atoms with Crippen LogP contribution in [0.15, 0.2) is 53.3 Å². The number of pyridine rings is 1. The number of benzene rings is 1. The predicted octanol–water partition coefficient (Wildman–Crippen LogP) is 3.38. The van der Waals surface area contributed by atoms with Gasteiger partial charge in [-0.3, -0.25) is 4.98 Å². The average molecular weight is 249 g/mol. The number of rotatable bonds is 1. The van der Waals surface area contributed by atoms with Gasteiger partial charge in [-0.25, -0.2) is 4.98 Å². The molecule has 0 fully saturated rings. The largest absolute Gasteiger partial charge is 0.461 e. The van der Waals surface area contributed by atoms with Crippen molar-refractivity contribution in [1.82, 2.24) is 14.5 Å². The highest BCUT2D eigenvalue weighted by atomic mass is 16.3. The van der Waals surface area contributed by atoms with Crippen molar-refractivity contribution in [2.45, 2.75) is 0 Å². The summed E-state index contributed by atoms with van der Waals surface area (Å²) in [5.74, 6) is 1.58. The first-order valence-electron chi connectivity index (χ1n) is 6.08. The molecule has 3 aromatic heterocycles. The normalized spacial score (nSPS) is 11.4. The second-order valence-electron chi connectivity index (χ2n) is 4.48. The molecule has 4 aromatic rings. The van der Waals surface area contributed by atoms with Gasteiger partial charge in [0.1, 0.15) is 5.52 Å². The van der Waals surface area contributed by atoms with Crippen LogP contribution in [0.2, 0.25) is 0 Å². The summed E-state index contributed by atoms with van der Waals surface area (Å²) in [6, 6.07) is 11.9. The maximum atomic E-state index is 5.44. The average Bonchev–Trinajstić information content (AvgIpc) is 3.06. The number of nitrogens with zero attached hydrogens (tertiary/aromatic N) is 3. The minimum Gasteiger partial charge on any atom is -0.461 e. The van der Waals surface area contributed by atoms with Crippen molar-refractivity contribution >= 4 is 21.9 Å². The van der Waals surface area contributed by atoms with Gasteiger partial charge in [-0.2, -0.15) is 0 Å². The van der Waals surface area contributed by atoms with Crippen LogP contribution in [-0.4, -0.2) is 14.5 Å². The van der Waals surface area contributed by atoms with Gasteiger partial charge in [-0.1, -0.05) is 18.2 Å². The lowest BCUT2D eigenvalue weighted by atomic mass is 10.2. The van der Waals surface area contributed by atoms with E-state index in [1.165, 1.54) is 0 Å². The summed E-state index contributed by atoms with van der Waals surface area (Å²) < 4.78 is 7.49. The van der Waals surface area contributed by atoms with Crippen molar-refractivity contribution in [3.63, 3.8) is 0 Å². The van der Waals surface area contributed by atoms with E-state index in [0.717, 1.165) is 33.5 Å². The van der Waals surface area contributed by atoms with Crippen molar-refractivity contribution in [3.05, 3.63) is 48.9 Å². The van der Waals surface area contributed by atoms with Crippen LogP contribution in [0.3, 0.4) is 0 Å². The first-order valence-corrected chi connectivity index (χ1v) is 6.08. The SMILES string of the molecule is Cn1c(-c2ccco2)nc2cnc3ccccc3c21. The van der Waals surface area contributed by atoms with Gasteiger partial charge in [0.2, 0.25) is 0 Å². The van der Waals surface area contributed by atoms with Crippen molar-refractivity contribution in [3.8, 4) is 11.6 Å². The van der Waals surface area contributed by atoms with E-state index in [1.807, 2.05) is 43.6 Å². The smallest absolute Gasteiger partial charge is 0.177 e. The van der Waals surface area contributed by atoms with Crippen LogP contribution >= 0.6 is 0 Å². The molecule has 0 aliphatic carbocycles. The number of aromatic nitrogens is 3. The fraction of sp³-hybridized carbons (Fsp3) is 0.0667. The summed E-state index contributed by atoms with van der Waals surface area (Å²) in [6.45, 7) is 0. The van der Waals surface area contributed by atoms with Crippen LogP contribution in [0.1, 0.15) is 0 Å². The third-order valence-electron chi connectivity index (χ3n) is 3.35. The van der Waals surface area contributed by atoms with Gasteiger partial charge >= 0.3 is 0 Å². The van der Waals surface area contributed by atoms with E-state index < -0.39 is 0 Å². The molecule has 0 atom stereocenters. The maximum absolute atomic E-state index is 5.44. The fourth-order valence-electron chi connectivity index (χ4n) is 2.47. The molecule has 4 rings (SSSR count). The quantitative estimate of drug-likeness (QED) is 0.519. The van der Waals surface area contributed by atoms with E-state index in [2.05, 4.69) is 20.6 Å². The number of hydrogen-bond donors (Lipinski definition) is 0. The van der Waals surface area contributed by atoms with Crippen molar-refractivity contribution < 1.29 is 4.42 Å². The summed E-state index contributed by atoms with van der Waals surface area (Å²) in [6.07, 6.45) is 3.47. The number of fused-ring (bicyclic) bond motifs is 3. The molecule has 1 aromatic carbocycles. The summed E-state index contributed by atoms with van der Waals surface area (Å²) in [4.78, 5) is 9.05. The zero-order valence-electron chi connectivity index (χ0n) is 10.4. The Morgan fingerprint density at radius 2 is 1.95 bits per heavy atom. The van der Waals surface area contributed by atoms with Gasteiger partial charge in [0, 0.05) is 12.4 Å². The molecular formula is C15H11N3O. The Morgan fingerprint density at radius 3 is 2.79 bits per heavy atom. The lowest BCUT2D eigenvalue weighted by Crippen LogP contribution is -1.92. The van der Waals surface area contributed by atoms with Gasteiger partial charge in [0.15, 0.2) is 11.6 Å². The van der Waals surface area contributed by atoms with Crippen molar-refractivity contribution in [2.24, 2.45) is 7.05 Å². The van der Waals surface area contributed by atoms with Gasteiger partial charge in [0.25, 0.3) is 0 Å². The Balaban J connectivity index is 2.15. The standard InChI is InChI=1S/C15H11N3O/c1-18-14-10-5-2-3-6-11(10)16-9-12(14)17-15(18)13-7-4-8-19-13/h2-9H,1H3. The van der Waals surface area contributed by atoms with Gasteiger partial charge in [0.05, 0.1) is 23.5 Å². The highest BCUT2D eigenvalue weighted by molar-refractivity contribution is 6.03. The second-order valence-corrected chi connectivity index (χ2v) is 4.48. The molecule has 0 bridgehead atoms. The van der Waals surface area contributed by atoms with Gasteiger partial charge in [-0.05, 0) is 18.2 Å². The minimum atomic E-state index is 0.766. The number of furan rings is 1. The molecule has 0 unspecified atom stereocenters. The van der Waals surface area contributed by atoms with E-state index in [-0.39, 0.29) is 0 Å². The molecule has 3 heterocycles. The Bertz CT molecular complexity index is 875.